The Morgan fingerprint density at radius 1 is 1.27 bits per heavy atom. The van der Waals surface area contributed by atoms with Gasteiger partial charge in [0.2, 0.25) is 5.95 Å². The maximum absolute atomic E-state index is 13.2. The third-order valence-corrected chi connectivity index (χ3v) is 4.81. The maximum atomic E-state index is 13.2. The van der Waals surface area contributed by atoms with Crippen molar-refractivity contribution in [3.8, 4) is 17.2 Å². The smallest absolute Gasteiger partial charge is 0.212 e. The zero-order valence-corrected chi connectivity index (χ0v) is 14.3. The van der Waals surface area contributed by atoms with Crippen molar-refractivity contribution in [3.63, 3.8) is 0 Å². The van der Waals surface area contributed by atoms with Crippen LogP contribution in [0.25, 0.3) is 11.1 Å². The Morgan fingerprint density at radius 2 is 2.15 bits per heavy atom. The SMILES string of the molecule is Cn1cnnc1C1CCN(c2c(C#N)cccc2-c2ccc(F)nc2)C1. The lowest BCUT2D eigenvalue weighted by molar-refractivity contribution is 0.584. The lowest BCUT2D eigenvalue weighted by Gasteiger charge is -2.23. The van der Waals surface area contributed by atoms with Crippen LogP contribution >= 0.6 is 0 Å². The van der Waals surface area contributed by atoms with Crippen molar-refractivity contribution in [1.82, 2.24) is 19.7 Å². The third-order valence-electron chi connectivity index (χ3n) is 4.81. The van der Waals surface area contributed by atoms with Crippen molar-refractivity contribution in [1.29, 1.82) is 5.26 Å². The van der Waals surface area contributed by atoms with Crippen LogP contribution in [0.5, 0.6) is 0 Å². The van der Waals surface area contributed by atoms with Crippen LogP contribution in [-0.4, -0.2) is 32.8 Å². The van der Waals surface area contributed by atoms with Crippen LogP contribution in [0.2, 0.25) is 0 Å². The Kier molecular flexibility index (Phi) is 4.09. The second-order valence-corrected chi connectivity index (χ2v) is 6.41. The largest absolute Gasteiger partial charge is 0.369 e. The van der Waals surface area contributed by atoms with E-state index >= 15 is 0 Å². The molecule has 1 fully saturated rings. The van der Waals surface area contributed by atoms with Gasteiger partial charge in [0.25, 0.3) is 0 Å². The van der Waals surface area contributed by atoms with Crippen molar-refractivity contribution in [2.75, 3.05) is 18.0 Å². The Morgan fingerprint density at radius 3 is 2.85 bits per heavy atom. The lowest BCUT2D eigenvalue weighted by Crippen LogP contribution is -2.22. The van der Waals surface area contributed by atoms with Crippen LogP contribution in [0.4, 0.5) is 10.1 Å². The minimum atomic E-state index is -0.518. The molecule has 2 aromatic heterocycles. The van der Waals surface area contributed by atoms with Gasteiger partial charge in [-0.3, -0.25) is 0 Å². The quantitative estimate of drug-likeness (QED) is 0.681. The number of aryl methyl sites for hydroxylation is 1. The number of hydrogen-bond donors (Lipinski definition) is 0. The average molecular weight is 348 g/mol. The number of hydrogen-bond acceptors (Lipinski definition) is 5. The van der Waals surface area contributed by atoms with Gasteiger partial charge in [-0.1, -0.05) is 12.1 Å². The second-order valence-electron chi connectivity index (χ2n) is 6.41. The van der Waals surface area contributed by atoms with Gasteiger partial charge in [0.1, 0.15) is 18.2 Å². The molecular formula is C19H17FN6. The molecule has 1 atom stereocenters. The molecule has 1 unspecified atom stereocenters. The number of halogens is 1. The van der Waals surface area contributed by atoms with Crippen molar-refractivity contribution in [2.24, 2.45) is 7.05 Å². The molecule has 1 aliphatic rings. The first kappa shape index (κ1) is 16.2. The van der Waals surface area contributed by atoms with Crippen LogP contribution in [0, 0.1) is 17.3 Å². The van der Waals surface area contributed by atoms with E-state index in [1.54, 1.807) is 12.4 Å². The summed E-state index contributed by atoms with van der Waals surface area (Å²) in [5, 5.41) is 17.8. The highest BCUT2D eigenvalue weighted by Gasteiger charge is 2.30. The van der Waals surface area contributed by atoms with Crippen LogP contribution in [-0.2, 0) is 7.05 Å². The first-order chi connectivity index (χ1) is 12.7. The molecule has 0 spiro atoms. The van der Waals surface area contributed by atoms with E-state index in [2.05, 4.69) is 26.2 Å². The minimum Gasteiger partial charge on any atom is -0.369 e. The number of nitrogens with zero attached hydrogens (tertiary/aromatic N) is 6. The van der Waals surface area contributed by atoms with Crippen molar-refractivity contribution >= 4 is 5.69 Å². The van der Waals surface area contributed by atoms with Crippen LogP contribution < -0.4 is 4.90 Å². The fraction of sp³-hybridized carbons (Fsp3) is 0.263. The number of aromatic nitrogens is 4. The van der Waals surface area contributed by atoms with Crippen LogP contribution in [0.15, 0.2) is 42.9 Å². The molecule has 1 saturated heterocycles. The van der Waals surface area contributed by atoms with Gasteiger partial charge >= 0.3 is 0 Å². The van der Waals surface area contributed by atoms with E-state index < -0.39 is 5.95 Å². The predicted molar refractivity (Wildman–Crippen MR) is 94.9 cm³/mol. The summed E-state index contributed by atoms with van der Waals surface area (Å²) in [6, 6.07) is 10.9. The molecule has 0 N–H and O–H groups in total. The van der Waals surface area contributed by atoms with Crippen LogP contribution in [0.3, 0.4) is 0 Å². The highest BCUT2D eigenvalue weighted by Crippen LogP contribution is 2.38. The summed E-state index contributed by atoms with van der Waals surface area (Å²) < 4.78 is 15.1. The van der Waals surface area contributed by atoms with Crippen molar-refractivity contribution in [3.05, 3.63) is 60.2 Å². The van der Waals surface area contributed by atoms with Gasteiger partial charge in [0, 0.05) is 43.4 Å². The summed E-state index contributed by atoms with van der Waals surface area (Å²) >= 11 is 0. The number of anilines is 1. The summed E-state index contributed by atoms with van der Waals surface area (Å²) in [6.07, 6.45) is 4.15. The number of rotatable bonds is 3. The fourth-order valence-electron chi connectivity index (χ4n) is 3.58. The number of benzene rings is 1. The number of pyridine rings is 1. The Hall–Kier alpha value is -3.27. The summed E-state index contributed by atoms with van der Waals surface area (Å²) in [5.41, 5.74) is 3.15. The Balaban J connectivity index is 1.73. The summed E-state index contributed by atoms with van der Waals surface area (Å²) in [4.78, 5) is 5.96. The number of para-hydroxylation sites is 1. The van der Waals surface area contributed by atoms with Gasteiger partial charge in [-0.15, -0.1) is 10.2 Å². The van der Waals surface area contributed by atoms with Crippen molar-refractivity contribution in [2.45, 2.75) is 12.3 Å². The van der Waals surface area contributed by atoms with E-state index in [1.165, 1.54) is 12.3 Å². The zero-order valence-electron chi connectivity index (χ0n) is 14.3. The van der Waals surface area contributed by atoms with E-state index in [-0.39, 0.29) is 5.92 Å². The monoisotopic (exact) mass is 348 g/mol. The highest BCUT2D eigenvalue weighted by atomic mass is 19.1. The molecule has 26 heavy (non-hydrogen) atoms. The molecule has 0 amide bonds. The fourth-order valence-corrected chi connectivity index (χ4v) is 3.58. The molecular weight excluding hydrogens is 331 g/mol. The van der Waals surface area contributed by atoms with Gasteiger partial charge in [0.15, 0.2) is 0 Å². The zero-order chi connectivity index (χ0) is 18.1. The molecule has 0 saturated carbocycles. The molecule has 0 bridgehead atoms. The Bertz CT molecular complexity index is 972. The molecule has 0 aliphatic carbocycles. The summed E-state index contributed by atoms with van der Waals surface area (Å²) in [5.74, 6) is 0.690. The van der Waals surface area contributed by atoms with E-state index in [4.69, 9.17) is 0 Å². The van der Waals surface area contributed by atoms with Crippen LogP contribution in [0.1, 0.15) is 23.7 Å². The molecule has 3 heterocycles. The van der Waals surface area contributed by atoms with Gasteiger partial charge in [-0.25, -0.2) is 4.98 Å². The second kappa shape index (κ2) is 6.56. The minimum absolute atomic E-state index is 0.258. The van der Waals surface area contributed by atoms with Gasteiger partial charge in [-0.2, -0.15) is 9.65 Å². The molecule has 1 aliphatic heterocycles. The summed E-state index contributed by atoms with van der Waals surface area (Å²) in [7, 11) is 1.94. The third kappa shape index (κ3) is 2.80. The predicted octanol–water partition coefficient (Wildman–Crippen LogP) is 2.88. The Labute approximate surface area is 150 Å². The van der Waals surface area contributed by atoms with E-state index in [0.29, 0.717) is 5.56 Å². The lowest BCUT2D eigenvalue weighted by atomic mass is 10.0. The van der Waals surface area contributed by atoms with Gasteiger partial charge < -0.3 is 9.47 Å². The molecule has 130 valence electrons. The molecule has 1 aromatic carbocycles. The van der Waals surface area contributed by atoms with E-state index in [0.717, 1.165) is 42.1 Å². The first-order valence-electron chi connectivity index (χ1n) is 8.41. The normalized spacial score (nSPS) is 16.7. The molecule has 6 nitrogen and oxygen atoms in total. The molecule has 4 rings (SSSR count). The first-order valence-corrected chi connectivity index (χ1v) is 8.41. The van der Waals surface area contributed by atoms with E-state index in [1.807, 2.05) is 29.8 Å². The van der Waals surface area contributed by atoms with Gasteiger partial charge in [0.05, 0.1) is 11.3 Å². The topological polar surface area (TPSA) is 70.6 Å². The molecule has 7 heteroatoms. The molecule has 3 aromatic rings. The maximum Gasteiger partial charge on any atom is 0.212 e. The standard InChI is InChI=1S/C19H17FN6/c1-25-12-23-24-19(25)15-7-8-26(11-15)18-13(9-21)3-2-4-16(18)14-5-6-17(20)22-10-14/h2-6,10,12,15H,7-8,11H2,1H3. The highest BCUT2D eigenvalue weighted by molar-refractivity contribution is 5.82. The van der Waals surface area contributed by atoms with Gasteiger partial charge in [-0.05, 0) is 24.6 Å². The molecule has 0 radical (unpaired) electrons. The van der Waals surface area contributed by atoms with E-state index in [9.17, 15) is 9.65 Å². The average Bonchev–Trinajstić information content (AvgIpc) is 3.30. The van der Waals surface area contributed by atoms with Crippen molar-refractivity contribution < 1.29 is 4.39 Å². The number of nitriles is 1. The summed E-state index contributed by atoms with van der Waals surface area (Å²) in [6.45, 7) is 1.57.